The highest BCUT2D eigenvalue weighted by molar-refractivity contribution is 6.29. The summed E-state index contributed by atoms with van der Waals surface area (Å²) in [5, 5.41) is 2.77. The molecule has 4 aromatic carbocycles. The van der Waals surface area contributed by atoms with Gasteiger partial charge in [-0.05, 0) is 17.2 Å². The molecule has 0 aliphatic carbocycles. The highest BCUT2D eigenvalue weighted by atomic mass is 16.5. The molecule has 168 valence electrons. The van der Waals surface area contributed by atoms with E-state index in [1.54, 1.807) is 0 Å². The molecule has 0 spiro atoms. The summed E-state index contributed by atoms with van der Waals surface area (Å²) in [6.07, 6.45) is 0. The van der Waals surface area contributed by atoms with E-state index in [-0.39, 0.29) is 5.56 Å². The van der Waals surface area contributed by atoms with Crippen molar-refractivity contribution in [2.75, 3.05) is 7.11 Å². The number of pyridine rings is 1. The zero-order valence-electron chi connectivity index (χ0n) is 18.8. The van der Waals surface area contributed by atoms with Crippen LogP contribution in [0.15, 0.2) is 106 Å². The second kappa shape index (κ2) is 8.22. The van der Waals surface area contributed by atoms with Crippen LogP contribution in [0.25, 0.3) is 55.0 Å². The van der Waals surface area contributed by atoms with Crippen molar-refractivity contribution < 1.29 is 13.9 Å². The van der Waals surface area contributed by atoms with Crippen LogP contribution in [0.4, 0.5) is 0 Å². The van der Waals surface area contributed by atoms with Gasteiger partial charge < -0.3 is 9.15 Å². The Morgan fingerprint density at radius 1 is 0.771 bits per heavy atom. The number of esters is 1. The molecule has 5 nitrogen and oxygen atoms in total. The highest BCUT2D eigenvalue weighted by Gasteiger charge is 2.23. The van der Waals surface area contributed by atoms with E-state index in [0.717, 1.165) is 33.2 Å². The van der Waals surface area contributed by atoms with E-state index in [0.29, 0.717) is 21.9 Å². The van der Waals surface area contributed by atoms with E-state index >= 15 is 0 Å². The third kappa shape index (κ3) is 3.37. The summed E-state index contributed by atoms with van der Waals surface area (Å²) in [6.45, 7) is 0. The molecule has 35 heavy (non-hydrogen) atoms. The molecule has 0 unspecified atom stereocenters. The molecule has 0 radical (unpaired) electrons. The molecule has 5 heteroatoms. The molecule has 0 aliphatic rings. The zero-order valence-corrected chi connectivity index (χ0v) is 18.8. The number of carbonyl (C=O) groups excluding carboxylic acids is 1. The molecular weight excluding hydrogens is 438 g/mol. The Morgan fingerprint density at radius 3 is 2.09 bits per heavy atom. The summed E-state index contributed by atoms with van der Waals surface area (Å²) in [5.74, 6) is -0.606. The number of nitrogens with zero attached hydrogens (tertiary/aromatic N) is 1. The SMILES string of the molecule is COC(=O)c1cc(=O)oc2c3ccccc3c3nc(-c4ccccc4)cc(-c4ccccc4)c3c12. The first-order chi connectivity index (χ1) is 17.2. The fraction of sp³-hybridized carbons (Fsp3) is 0.0333. The number of methoxy groups -OCH3 is 1. The van der Waals surface area contributed by atoms with Crippen LogP contribution in [0.3, 0.4) is 0 Å². The minimum atomic E-state index is -0.613. The summed E-state index contributed by atoms with van der Waals surface area (Å²) < 4.78 is 10.8. The molecular formula is C30H19NO4. The third-order valence-corrected chi connectivity index (χ3v) is 6.22. The van der Waals surface area contributed by atoms with Gasteiger partial charge in [-0.3, -0.25) is 0 Å². The highest BCUT2D eigenvalue weighted by Crippen LogP contribution is 2.42. The second-order valence-corrected chi connectivity index (χ2v) is 8.23. The first-order valence-corrected chi connectivity index (χ1v) is 11.2. The molecule has 2 aromatic heterocycles. The molecule has 0 atom stereocenters. The van der Waals surface area contributed by atoms with Gasteiger partial charge in [0, 0.05) is 33.2 Å². The molecule has 0 aliphatic heterocycles. The minimum absolute atomic E-state index is 0.154. The Balaban J connectivity index is 1.92. The Labute approximate surface area is 200 Å². The first kappa shape index (κ1) is 20.8. The fourth-order valence-corrected chi connectivity index (χ4v) is 4.69. The predicted molar refractivity (Wildman–Crippen MR) is 138 cm³/mol. The van der Waals surface area contributed by atoms with Crippen molar-refractivity contribution in [3.8, 4) is 22.4 Å². The Morgan fingerprint density at radius 2 is 1.40 bits per heavy atom. The number of hydrogen-bond donors (Lipinski definition) is 0. The lowest BCUT2D eigenvalue weighted by Crippen LogP contribution is -2.09. The van der Waals surface area contributed by atoms with Gasteiger partial charge in [-0.25, -0.2) is 14.6 Å². The smallest absolute Gasteiger partial charge is 0.338 e. The lowest BCUT2D eigenvalue weighted by molar-refractivity contribution is 0.0602. The van der Waals surface area contributed by atoms with E-state index in [9.17, 15) is 9.59 Å². The lowest BCUT2D eigenvalue weighted by atomic mass is 9.91. The maximum atomic E-state index is 12.9. The molecule has 6 rings (SSSR count). The van der Waals surface area contributed by atoms with Crippen molar-refractivity contribution in [1.29, 1.82) is 0 Å². The van der Waals surface area contributed by atoms with Crippen LogP contribution in [0.2, 0.25) is 0 Å². The van der Waals surface area contributed by atoms with Crippen LogP contribution < -0.4 is 5.63 Å². The summed E-state index contributed by atoms with van der Waals surface area (Å²) in [4.78, 5) is 30.5. The topological polar surface area (TPSA) is 69.4 Å². The zero-order chi connectivity index (χ0) is 23.9. The number of carbonyl (C=O) groups is 1. The van der Waals surface area contributed by atoms with E-state index in [1.807, 2.05) is 91.0 Å². The maximum Gasteiger partial charge on any atom is 0.338 e. The number of benzene rings is 4. The summed E-state index contributed by atoms with van der Waals surface area (Å²) >= 11 is 0. The average Bonchev–Trinajstić information content (AvgIpc) is 2.92. The van der Waals surface area contributed by atoms with Crippen molar-refractivity contribution in [1.82, 2.24) is 4.98 Å². The minimum Gasteiger partial charge on any atom is -0.465 e. The van der Waals surface area contributed by atoms with Gasteiger partial charge in [-0.15, -0.1) is 0 Å². The van der Waals surface area contributed by atoms with Gasteiger partial charge in [-0.2, -0.15) is 0 Å². The number of hydrogen-bond acceptors (Lipinski definition) is 5. The Kier molecular flexibility index (Phi) is 4.89. The number of aromatic nitrogens is 1. The van der Waals surface area contributed by atoms with Crippen molar-refractivity contribution >= 4 is 38.6 Å². The van der Waals surface area contributed by atoms with Crippen LogP contribution >= 0.6 is 0 Å². The summed E-state index contributed by atoms with van der Waals surface area (Å²) in [5.41, 5.74) is 4.21. The Bertz CT molecular complexity index is 1810. The molecule has 0 amide bonds. The van der Waals surface area contributed by atoms with Gasteiger partial charge in [0.2, 0.25) is 0 Å². The van der Waals surface area contributed by atoms with Gasteiger partial charge in [-0.1, -0.05) is 84.9 Å². The van der Waals surface area contributed by atoms with Crippen LogP contribution in [0, 0.1) is 0 Å². The van der Waals surface area contributed by atoms with E-state index in [4.69, 9.17) is 14.1 Å². The first-order valence-electron chi connectivity index (χ1n) is 11.2. The van der Waals surface area contributed by atoms with Crippen molar-refractivity contribution in [3.63, 3.8) is 0 Å². The fourth-order valence-electron chi connectivity index (χ4n) is 4.69. The quantitative estimate of drug-likeness (QED) is 0.170. The van der Waals surface area contributed by atoms with E-state index in [2.05, 4.69) is 0 Å². The van der Waals surface area contributed by atoms with Gasteiger partial charge in [0.1, 0.15) is 5.58 Å². The predicted octanol–water partition coefficient (Wildman–Crippen LogP) is 6.62. The van der Waals surface area contributed by atoms with E-state index in [1.165, 1.54) is 13.2 Å². The van der Waals surface area contributed by atoms with Crippen LogP contribution in [0.5, 0.6) is 0 Å². The normalized spacial score (nSPS) is 11.2. The molecule has 0 bridgehead atoms. The molecule has 0 saturated heterocycles. The van der Waals surface area contributed by atoms with Gasteiger partial charge in [0.25, 0.3) is 0 Å². The molecule has 0 saturated carbocycles. The van der Waals surface area contributed by atoms with Gasteiger partial charge in [0.05, 0.1) is 23.9 Å². The third-order valence-electron chi connectivity index (χ3n) is 6.22. The number of fused-ring (bicyclic) bond motifs is 6. The average molecular weight is 457 g/mol. The maximum absolute atomic E-state index is 12.9. The van der Waals surface area contributed by atoms with Crippen LogP contribution in [-0.2, 0) is 4.74 Å². The summed E-state index contributed by atoms with van der Waals surface area (Å²) in [7, 11) is 1.30. The van der Waals surface area contributed by atoms with Crippen molar-refractivity contribution in [3.05, 3.63) is 113 Å². The molecule has 0 N–H and O–H groups in total. The van der Waals surface area contributed by atoms with Crippen molar-refractivity contribution in [2.24, 2.45) is 0 Å². The molecule has 0 fully saturated rings. The molecule has 2 heterocycles. The molecule has 6 aromatic rings. The Hall–Kier alpha value is -4.77. The largest absolute Gasteiger partial charge is 0.465 e. The van der Waals surface area contributed by atoms with Gasteiger partial charge >= 0.3 is 11.6 Å². The number of ether oxygens (including phenoxy) is 1. The lowest BCUT2D eigenvalue weighted by Gasteiger charge is -2.16. The van der Waals surface area contributed by atoms with Crippen LogP contribution in [-0.4, -0.2) is 18.1 Å². The number of rotatable bonds is 3. The van der Waals surface area contributed by atoms with Gasteiger partial charge in [0.15, 0.2) is 0 Å². The van der Waals surface area contributed by atoms with E-state index < -0.39 is 11.6 Å². The summed E-state index contributed by atoms with van der Waals surface area (Å²) in [6, 6.07) is 30.7. The van der Waals surface area contributed by atoms with Crippen LogP contribution in [0.1, 0.15) is 10.4 Å². The second-order valence-electron chi connectivity index (χ2n) is 8.23. The standard InChI is InChI=1S/C30H19NO4/c1-34-30(33)23-17-25(32)35-29-21-15-9-8-14-20(21)28-26(27(23)29)22(18-10-4-2-5-11-18)16-24(31-28)19-12-6-3-7-13-19/h2-17H,1H3. The van der Waals surface area contributed by atoms with Crippen molar-refractivity contribution in [2.45, 2.75) is 0 Å². The monoisotopic (exact) mass is 457 g/mol.